The molecule has 4 nitrogen and oxygen atoms in total. The van der Waals surface area contributed by atoms with Gasteiger partial charge >= 0.3 is 0 Å². The van der Waals surface area contributed by atoms with E-state index in [1.54, 1.807) is 12.2 Å². The standard InChI is InChI=1S/C23H27ClN2O2/c1-4-18(24)10-9-16(2)26-17(3)23(20-7-5-6-8-21(20)26)22(28)15-25-13-11-19(27)12-14-25/h4-10,19,27H,1,11-15H2,2-3H3/b16-9+,18-10+. The molecule has 1 aliphatic rings. The molecule has 0 saturated carbocycles. The van der Waals surface area contributed by atoms with E-state index in [2.05, 4.69) is 16.0 Å². The lowest BCUT2D eigenvalue weighted by Crippen LogP contribution is -2.39. The Kier molecular flexibility index (Phi) is 6.55. The second-order valence-electron chi connectivity index (χ2n) is 7.31. The van der Waals surface area contributed by atoms with E-state index in [4.69, 9.17) is 11.6 Å². The van der Waals surface area contributed by atoms with Crippen molar-refractivity contribution in [1.29, 1.82) is 0 Å². The summed E-state index contributed by atoms with van der Waals surface area (Å²) in [6, 6.07) is 7.99. The third kappa shape index (κ3) is 4.30. The summed E-state index contributed by atoms with van der Waals surface area (Å²) in [5, 5.41) is 11.2. The van der Waals surface area contributed by atoms with Gasteiger partial charge in [0.2, 0.25) is 0 Å². The van der Waals surface area contributed by atoms with E-state index in [9.17, 15) is 9.90 Å². The Balaban J connectivity index is 1.98. The Bertz CT molecular complexity index is 947. The normalized spacial score (nSPS) is 17.3. The van der Waals surface area contributed by atoms with Gasteiger partial charge in [-0.1, -0.05) is 42.5 Å². The zero-order valence-electron chi connectivity index (χ0n) is 16.5. The highest BCUT2D eigenvalue weighted by Crippen LogP contribution is 2.29. The Morgan fingerprint density at radius 2 is 1.96 bits per heavy atom. The molecule has 148 valence electrons. The molecule has 5 heteroatoms. The first-order valence-electron chi connectivity index (χ1n) is 9.63. The quantitative estimate of drug-likeness (QED) is 0.563. The third-order valence-corrected chi connectivity index (χ3v) is 5.63. The van der Waals surface area contributed by atoms with E-state index in [0.717, 1.165) is 53.8 Å². The highest BCUT2D eigenvalue weighted by Gasteiger charge is 2.24. The van der Waals surface area contributed by atoms with Gasteiger partial charge in [-0.3, -0.25) is 9.69 Å². The Labute approximate surface area is 171 Å². The van der Waals surface area contributed by atoms with Crippen LogP contribution in [0.25, 0.3) is 16.6 Å². The van der Waals surface area contributed by atoms with Crippen molar-refractivity contribution in [2.45, 2.75) is 32.8 Å². The minimum atomic E-state index is -0.238. The van der Waals surface area contributed by atoms with Gasteiger partial charge in [-0.2, -0.15) is 0 Å². The first-order valence-corrected chi connectivity index (χ1v) is 10.0. The maximum atomic E-state index is 13.2. The molecule has 2 aromatic rings. The number of piperidine rings is 1. The monoisotopic (exact) mass is 398 g/mol. The van der Waals surface area contributed by atoms with E-state index in [-0.39, 0.29) is 11.9 Å². The summed E-state index contributed by atoms with van der Waals surface area (Å²) in [6.45, 7) is 9.56. The lowest BCUT2D eigenvalue weighted by molar-refractivity contribution is 0.0711. The molecule has 3 rings (SSSR count). The Morgan fingerprint density at radius 1 is 1.29 bits per heavy atom. The number of allylic oxidation sites excluding steroid dienone is 5. The largest absolute Gasteiger partial charge is 0.393 e. The molecule has 0 bridgehead atoms. The number of benzene rings is 1. The molecule has 2 heterocycles. The van der Waals surface area contributed by atoms with Crippen LogP contribution in [-0.2, 0) is 0 Å². The number of carbonyl (C=O) groups excluding carboxylic acids is 1. The number of halogens is 1. The molecule has 28 heavy (non-hydrogen) atoms. The van der Waals surface area contributed by atoms with Crippen molar-refractivity contribution in [3.63, 3.8) is 0 Å². The Morgan fingerprint density at radius 3 is 2.64 bits per heavy atom. The van der Waals surface area contributed by atoms with Crippen LogP contribution in [0.3, 0.4) is 0 Å². The van der Waals surface area contributed by atoms with Gasteiger partial charge in [0.25, 0.3) is 0 Å². The fraction of sp³-hybridized carbons (Fsp3) is 0.348. The number of rotatable bonds is 6. The summed E-state index contributed by atoms with van der Waals surface area (Å²) in [6.07, 6.45) is 6.55. The predicted octanol–water partition coefficient (Wildman–Crippen LogP) is 4.76. The van der Waals surface area contributed by atoms with Crippen LogP contribution in [0.1, 0.15) is 35.8 Å². The number of ketones is 1. The molecule has 0 unspecified atom stereocenters. The van der Waals surface area contributed by atoms with Gasteiger partial charge in [0.1, 0.15) is 0 Å². The number of hydrogen-bond donors (Lipinski definition) is 1. The number of aliphatic hydroxyl groups is 1. The summed E-state index contributed by atoms with van der Waals surface area (Å²) in [5.74, 6) is 0.122. The lowest BCUT2D eigenvalue weighted by atomic mass is 10.0. The van der Waals surface area contributed by atoms with E-state index in [1.807, 2.05) is 44.2 Å². The zero-order valence-corrected chi connectivity index (χ0v) is 17.2. The smallest absolute Gasteiger partial charge is 0.179 e. The van der Waals surface area contributed by atoms with Crippen molar-refractivity contribution >= 4 is 34.0 Å². The number of carbonyl (C=O) groups is 1. The summed E-state index contributed by atoms with van der Waals surface area (Å²) >= 11 is 6.04. The molecular weight excluding hydrogens is 372 g/mol. The predicted molar refractivity (Wildman–Crippen MR) is 117 cm³/mol. The second kappa shape index (κ2) is 8.91. The molecule has 0 aliphatic carbocycles. The van der Waals surface area contributed by atoms with Crippen molar-refractivity contribution in [2.75, 3.05) is 19.6 Å². The van der Waals surface area contributed by atoms with E-state index < -0.39 is 0 Å². The van der Waals surface area contributed by atoms with Crippen LogP contribution >= 0.6 is 11.6 Å². The number of aliphatic hydroxyl groups excluding tert-OH is 1. The topological polar surface area (TPSA) is 45.5 Å². The van der Waals surface area contributed by atoms with Crippen LogP contribution in [-0.4, -0.2) is 46.1 Å². The van der Waals surface area contributed by atoms with Crippen molar-refractivity contribution in [1.82, 2.24) is 9.47 Å². The van der Waals surface area contributed by atoms with E-state index in [1.165, 1.54) is 0 Å². The van der Waals surface area contributed by atoms with Gasteiger partial charge in [0, 0.05) is 40.5 Å². The molecule has 0 spiro atoms. The van der Waals surface area contributed by atoms with Crippen LogP contribution in [0.5, 0.6) is 0 Å². The van der Waals surface area contributed by atoms with Gasteiger partial charge in [-0.25, -0.2) is 0 Å². The molecule has 1 saturated heterocycles. The molecule has 0 amide bonds. The third-order valence-electron chi connectivity index (χ3n) is 5.35. The van der Waals surface area contributed by atoms with Crippen molar-refractivity contribution in [2.24, 2.45) is 0 Å². The molecule has 1 aromatic heterocycles. The maximum Gasteiger partial charge on any atom is 0.179 e. The number of Topliss-reactive ketones (excluding diaryl/α,β-unsaturated/α-hetero) is 1. The number of hydrogen-bond acceptors (Lipinski definition) is 3. The average molecular weight is 399 g/mol. The van der Waals surface area contributed by atoms with Gasteiger partial charge < -0.3 is 9.67 Å². The second-order valence-corrected chi connectivity index (χ2v) is 7.74. The van der Waals surface area contributed by atoms with Crippen LogP contribution in [0.2, 0.25) is 0 Å². The van der Waals surface area contributed by atoms with E-state index >= 15 is 0 Å². The minimum absolute atomic E-state index is 0.122. The molecule has 1 fully saturated rings. The van der Waals surface area contributed by atoms with Gasteiger partial charge in [-0.15, -0.1) is 0 Å². The van der Waals surface area contributed by atoms with Crippen molar-refractivity contribution in [3.8, 4) is 0 Å². The van der Waals surface area contributed by atoms with Gasteiger partial charge in [0.05, 0.1) is 18.2 Å². The first-order chi connectivity index (χ1) is 13.4. The average Bonchev–Trinajstić information content (AvgIpc) is 2.99. The van der Waals surface area contributed by atoms with Crippen LogP contribution < -0.4 is 0 Å². The number of fused-ring (bicyclic) bond motifs is 1. The molecule has 1 aromatic carbocycles. The molecule has 1 N–H and O–H groups in total. The molecule has 1 aliphatic heterocycles. The fourth-order valence-corrected chi connectivity index (χ4v) is 3.94. The maximum absolute atomic E-state index is 13.2. The van der Waals surface area contributed by atoms with Crippen LogP contribution in [0, 0.1) is 6.92 Å². The first kappa shape index (κ1) is 20.6. The van der Waals surface area contributed by atoms with Gasteiger partial charge in [-0.05, 0) is 44.9 Å². The Hall–Kier alpha value is -2.14. The van der Waals surface area contributed by atoms with Crippen LogP contribution in [0.15, 0.2) is 54.1 Å². The molecular formula is C23H27ClN2O2. The van der Waals surface area contributed by atoms with E-state index in [0.29, 0.717) is 11.6 Å². The zero-order chi connectivity index (χ0) is 20.3. The number of aromatic nitrogens is 1. The highest BCUT2D eigenvalue weighted by molar-refractivity contribution is 6.31. The highest BCUT2D eigenvalue weighted by atomic mass is 35.5. The summed E-state index contributed by atoms with van der Waals surface area (Å²) < 4.78 is 2.10. The van der Waals surface area contributed by atoms with Crippen molar-refractivity contribution < 1.29 is 9.90 Å². The minimum Gasteiger partial charge on any atom is -0.393 e. The summed E-state index contributed by atoms with van der Waals surface area (Å²) in [7, 11) is 0. The van der Waals surface area contributed by atoms with Crippen molar-refractivity contribution in [3.05, 3.63) is 65.4 Å². The summed E-state index contributed by atoms with van der Waals surface area (Å²) in [5.41, 5.74) is 3.69. The van der Waals surface area contributed by atoms with Gasteiger partial charge in [0.15, 0.2) is 5.78 Å². The number of nitrogens with zero attached hydrogens (tertiary/aromatic N) is 2. The molecule has 0 radical (unpaired) electrons. The molecule has 0 atom stereocenters. The number of likely N-dealkylation sites (tertiary alicyclic amines) is 1. The lowest BCUT2D eigenvalue weighted by Gasteiger charge is -2.28. The fourth-order valence-electron chi connectivity index (χ4n) is 3.88. The van der Waals surface area contributed by atoms with Crippen LogP contribution in [0.4, 0.5) is 0 Å². The number of para-hydroxylation sites is 1. The summed E-state index contributed by atoms with van der Waals surface area (Å²) in [4.78, 5) is 15.3. The SMILES string of the molecule is C=C/C(Cl)=C\C=C(/C)n1c(C)c(C(=O)CN2CCC(O)CC2)c2ccccc21.